The molecule has 1 saturated heterocycles. The fourth-order valence-corrected chi connectivity index (χ4v) is 2.17. The molecule has 7 heteroatoms. The lowest BCUT2D eigenvalue weighted by atomic mass is 10.00. The second kappa shape index (κ2) is 7.05. The first-order chi connectivity index (χ1) is 8.86. The quantitative estimate of drug-likeness (QED) is 0.622. The second-order valence-corrected chi connectivity index (χ2v) is 4.60. The molecule has 0 bridgehead atoms. The first-order valence-corrected chi connectivity index (χ1v) is 6.57. The van der Waals surface area contributed by atoms with Gasteiger partial charge in [0, 0.05) is 18.9 Å². The Kier molecular flexibility index (Phi) is 5.07. The third-order valence-corrected chi connectivity index (χ3v) is 3.21. The molecule has 2 heterocycles. The number of aromatic nitrogens is 4. The molecule has 1 aliphatic heterocycles. The van der Waals surface area contributed by atoms with Crippen LogP contribution in [0.4, 0.5) is 0 Å². The van der Waals surface area contributed by atoms with Gasteiger partial charge >= 0.3 is 0 Å². The minimum absolute atomic E-state index is 0.171. The fraction of sp³-hybridized carbons (Fsp3) is 0.818. The first kappa shape index (κ1) is 12.9. The summed E-state index contributed by atoms with van der Waals surface area (Å²) in [7, 11) is 0. The van der Waals surface area contributed by atoms with E-state index < -0.39 is 0 Å². The summed E-state index contributed by atoms with van der Waals surface area (Å²) in [6.07, 6.45) is 4.60. The Morgan fingerprint density at radius 3 is 3.17 bits per heavy atom. The van der Waals surface area contributed by atoms with Gasteiger partial charge in [-0.2, -0.15) is 5.21 Å². The van der Waals surface area contributed by atoms with Crippen molar-refractivity contribution < 1.29 is 4.79 Å². The molecule has 1 aromatic heterocycles. The molecule has 1 unspecified atom stereocenters. The Hall–Kier alpha value is -1.50. The molecule has 2 rings (SSSR count). The maximum atomic E-state index is 11.9. The number of nitrogens with one attached hydrogen (secondary N) is 3. The lowest BCUT2D eigenvalue weighted by molar-refractivity contribution is -0.125. The summed E-state index contributed by atoms with van der Waals surface area (Å²) in [5, 5.41) is 19.9. The van der Waals surface area contributed by atoms with Crippen molar-refractivity contribution in [1.82, 2.24) is 31.3 Å². The van der Waals surface area contributed by atoms with Crippen molar-refractivity contribution >= 4 is 5.91 Å². The number of rotatable bonds is 5. The fourth-order valence-electron chi connectivity index (χ4n) is 2.17. The summed E-state index contributed by atoms with van der Waals surface area (Å²) in [6, 6.07) is 0. The van der Waals surface area contributed by atoms with E-state index in [1.807, 2.05) is 0 Å². The van der Waals surface area contributed by atoms with Crippen molar-refractivity contribution in [3.05, 3.63) is 5.82 Å². The van der Waals surface area contributed by atoms with Gasteiger partial charge in [0.25, 0.3) is 0 Å². The minimum Gasteiger partial charge on any atom is -0.356 e. The van der Waals surface area contributed by atoms with Crippen LogP contribution >= 0.6 is 0 Å². The Balaban J connectivity index is 1.61. The molecule has 7 nitrogen and oxygen atoms in total. The largest absolute Gasteiger partial charge is 0.356 e. The van der Waals surface area contributed by atoms with Crippen molar-refractivity contribution in [2.45, 2.75) is 32.1 Å². The van der Waals surface area contributed by atoms with Crippen LogP contribution in [0.15, 0.2) is 0 Å². The second-order valence-electron chi connectivity index (χ2n) is 4.60. The molecule has 1 amide bonds. The zero-order chi connectivity index (χ0) is 12.6. The molecule has 3 N–H and O–H groups in total. The van der Waals surface area contributed by atoms with Crippen molar-refractivity contribution in [3.8, 4) is 0 Å². The van der Waals surface area contributed by atoms with Gasteiger partial charge in [-0.25, -0.2) is 0 Å². The molecule has 0 saturated carbocycles. The van der Waals surface area contributed by atoms with E-state index in [1.165, 1.54) is 0 Å². The van der Waals surface area contributed by atoms with E-state index in [0.29, 0.717) is 12.4 Å². The van der Waals surface area contributed by atoms with Gasteiger partial charge in [-0.15, -0.1) is 10.2 Å². The highest BCUT2D eigenvalue weighted by Gasteiger charge is 2.19. The van der Waals surface area contributed by atoms with E-state index in [1.54, 1.807) is 0 Å². The van der Waals surface area contributed by atoms with E-state index in [2.05, 4.69) is 31.3 Å². The van der Waals surface area contributed by atoms with Crippen molar-refractivity contribution in [3.63, 3.8) is 0 Å². The van der Waals surface area contributed by atoms with E-state index in [0.717, 1.165) is 45.2 Å². The highest BCUT2D eigenvalue weighted by Crippen LogP contribution is 2.13. The summed E-state index contributed by atoms with van der Waals surface area (Å²) < 4.78 is 0. The summed E-state index contributed by atoms with van der Waals surface area (Å²) in [6.45, 7) is 2.65. The molecule has 18 heavy (non-hydrogen) atoms. The Bertz CT molecular complexity index is 344. The zero-order valence-corrected chi connectivity index (χ0v) is 10.5. The van der Waals surface area contributed by atoms with Crippen LogP contribution in [0, 0.1) is 5.92 Å². The molecule has 1 fully saturated rings. The smallest absolute Gasteiger partial charge is 0.223 e. The number of aryl methyl sites for hydroxylation is 1. The number of nitrogens with zero attached hydrogens (tertiary/aromatic N) is 3. The monoisotopic (exact) mass is 252 g/mol. The summed E-state index contributed by atoms with van der Waals surface area (Å²) in [4.78, 5) is 11.9. The molecular weight excluding hydrogens is 232 g/mol. The SMILES string of the molecule is O=C(NCCCc1nn[nH]n1)C1CCCNCC1. The van der Waals surface area contributed by atoms with E-state index >= 15 is 0 Å². The van der Waals surface area contributed by atoms with Crippen LogP contribution in [0.2, 0.25) is 0 Å². The van der Waals surface area contributed by atoms with Gasteiger partial charge in [-0.1, -0.05) is 5.21 Å². The maximum absolute atomic E-state index is 11.9. The lowest BCUT2D eigenvalue weighted by Gasteiger charge is -2.13. The van der Waals surface area contributed by atoms with Crippen LogP contribution < -0.4 is 10.6 Å². The van der Waals surface area contributed by atoms with Gasteiger partial charge in [0.2, 0.25) is 5.91 Å². The number of carbonyl (C=O) groups is 1. The summed E-state index contributed by atoms with van der Waals surface area (Å²) in [5.41, 5.74) is 0. The van der Waals surface area contributed by atoms with Gasteiger partial charge in [0.15, 0.2) is 5.82 Å². The van der Waals surface area contributed by atoms with Gasteiger partial charge in [0.1, 0.15) is 0 Å². The van der Waals surface area contributed by atoms with Gasteiger partial charge in [-0.3, -0.25) is 4.79 Å². The van der Waals surface area contributed by atoms with Crippen molar-refractivity contribution in [1.29, 1.82) is 0 Å². The van der Waals surface area contributed by atoms with Gasteiger partial charge in [0.05, 0.1) is 0 Å². The molecule has 0 radical (unpaired) electrons. The summed E-state index contributed by atoms with van der Waals surface area (Å²) >= 11 is 0. The highest BCUT2D eigenvalue weighted by atomic mass is 16.1. The van der Waals surface area contributed by atoms with Crippen LogP contribution in [-0.4, -0.2) is 46.2 Å². The standard InChI is InChI=1S/C11H20N6O/c18-11(9-3-1-6-12-8-5-9)13-7-2-4-10-14-16-17-15-10/h9,12H,1-8H2,(H,13,18)(H,14,15,16,17). The number of aromatic amines is 1. The number of hydrogen-bond donors (Lipinski definition) is 3. The van der Waals surface area contributed by atoms with Crippen molar-refractivity contribution in [2.24, 2.45) is 5.92 Å². The number of amides is 1. The average Bonchev–Trinajstić information content (AvgIpc) is 2.74. The third kappa shape index (κ3) is 4.06. The molecule has 100 valence electrons. The molecule has 0 aliphatic carbocycles. The van der Waals surface area contributed by atoms with E-state index in [-0.39, 0.29) is 11.8 Å². The number of tetrazole rings is 1. The number of hydrogen-bond acceptors (Lipinski definition) is 5. The zero-order valence-electron chi connectivity index (χ0n) is 10.5. The van der Waals surface area contributed by atoms with E-state index in [4.69, 9.17) is 0 Å². The number of H-pyrrole nitrogens is 1. The predicted octanol–water partition coefficient (Wildman–Crippen LogP) is -0.362. The normalized spacial score (nSPS) is 20.3. The van der Waals surface area contributed by atoms with Crippen LogP contribution in [0.25, 0.3) is 0 Å². The van der Waals surface area contributed by atoms with Crippen LogP contribution in [0.5, 0.6) is 0 Å². The first-order valence-electron chi connectivity index (χ1n) is 6.57. The van der Waals surface area contributed by atoms with Gasteiger partial charge in [-0.05, 0) is 38.8 Å². The number of carbonyl (C=O) groups excluding carboxylic acids is 1. The topological polar surface area (TPSA) is 95.6 Å². The Morgan fingerprint density at radius 1 is 1.39 bits per heavy atom. The minimum atomic E-state index is 0.171. The lowest BCUT2D eigenvalue weighted by Crippen LogP contribution is -2.32. The summed E-state index contributed by atoms with van der Waals surface area (Å²) in [5.74, 6) is 1.06. The molecule has 1 aliphatic rings. The average molecular weight is 252 g/mol. The Labute approximate surface area is 106 Å². The predicted molar refractivity (Wildman–Crippen MR) is 65.7 cm³/mol. The van der Waals surface area contributed by atoms with Crippen LogP contribution in [0.1, 0.15) is 31.5 Å². The van der Waals surface area contributed by atoms with Crippen LogP contribution in [0.3, 0.4) is 0 Å². The van der Waals surface area contributed by atoms with Crippen LogP contribution in [-0.2, 0) is 11.2 Å². The highest BCUT2D eigenvalue weighted by molar-refractivity contribution is 5.78. The molecular formula is C11H20N6O. The molecule has 0 aromatic carbocycles. The Morgan fingerprint density at radius 2 is 2.33 bits per heavy atom. The molecule has 0 spiro atoms. The van der Waals surface area contributed by atoms with Gasteiger partial charge < -0.3 is 10.6 Å². The maximum Gasteiger partial charge on any atom is 0.223 e. The van der Waals surface area contributed by atoms with Crippen molar-refractivity contribution in [2.75, 3.05) is 19.6 Å². The molecule has 1 atom stereocenters. The van der Waals surface area contributed by atoms with E-state index in [9.17, 15) is 4.79 Å². The third-order valence-electron chi connectivity index (χ3n) is 3.21. The molecule has 1 aromatic rings.